The molecule has 190 valence electrons. The molecule has 3 aromatic rings. The second-order valence-electron chi connectivity index (χ2n) is 8.05. The minimum absolute atomic E-state index is 0.156. The predicted octanol–water partition coefficient (Wildman–Crippen LogP) is 6.68. The fourth-order valence-corrected chi connectivity index (χ4v) is 5.40. The van der Waals surface area contributed by atoms with Gasteiger partial charge in [0.25, 0.3) is 5.91 Å². The third-order valence-electron chi connectivity index (χ3n) is 5.46. The summed E-state index contributed by atoms with van der Waals surface area (Å²) in [5, 5.41) is 9.58. The van der Waals surface area contributed by atoms with Gasteiger partial charge in [-0.1, -0.05) is 48.5 Å². The first kappa shape index (κ1) is 26.5. The Balaban J connectivity index is 1.73. The van der Waals surface area contributed by atoms with E-state index in [9.17, 15) is 9.59 Å². The predicted molar refractivity (Wildman–Crippen MR) is 149 cm³/mol. The molecule has 0 aromatic heterocycles. The van der Waals surface area contributed by atoms with Crippen molar-refractivity contribution in [1.82, 2.24) is 4.90 Å². The summed E-state index contributed by atoms with van der Waals surface area (Å²) in [6, 6.07) is 22.6. The highest BCUT2D eigenvalue weighted by molar-refractivity contribution is 9.10. The molecule has 4 rings (SSSR count). The van der Waals surface area contributed by atoms with E-state index in [1.54, 1.807) is 23.1 Å². The van der Waals surface area contributed by atoms with Crippen LogP contribution in [0.15, 0.2) is 87.2 Å². The lowest BCUT2D eigenvalue weighted by Crippen LogP contribution is -2.32. The van der Waals surface area contributed by atoms with Gasteiger partial charge in [-0.25, -0.2) is 9.79 Å². The van der Waals surface area contributed by atoms with Crippen LogP contribution in [-0.4, -0.2) is 40.3 Å². The number of halogens is 1. The molecule has 1 amide bonds. The van der Waals surface area contributed by atoms with Gasteiger partial charge >= 0.3 is 5.97 Å². The van der Waals surface area contributed by atoms with Crippen LogP contribution in [0, 0.1) is 0 Å². The molecule has 1 fully saturated rings. The van der Waals surface area contributed by atoms with Gasteiger partial charge in [-0.2, -0.15) is 0 Å². The number of amidine groups is 1. The smallest absolute Gasteiger partial charge is 0.341 e. The Labute approximate surface area is 227 Å². The zero-order chi connectivity index (χ0) is 26.4. The van der Waals surface area contributed by atoms with Crippen LogP contribution in [0.2, 0.25) is 0 Å². The Morgan fingerprint density at radius 2 is 1.78 bits per heavy atom. The maximum Gasteiger partial charge on any atom is 0.341 e. The lowest BCUT2D eigenvalue weighted by Gasteiger charge is -2.24. The number of nitrogens with zero attached hydrogens (tertiary/aromatic N) is 2. The number of hydrogen-bond acceptors (Lipinski definition) is 6. The van der Waals surface area contributed by atoms with E-state index in [0.717, 1.165) is 11.3 Å². The molecule has 0 saturated carbocycles. The van der Waals surface area contributed by atoms with Crippen LogP contribution in [0.25, 0.3) is 6.08 Å². The first-order valence-electron chi connectivity index (χ1n) is 11.6. The molecule has 7 nitrogen and oxygen atoms in total. The second-order valence-corrected chi connectivity index (χ2v) is 9.91. The van der Waals surface area contributed by atoms with Gasteiger partial charge in [0.1, 0.15) is 0 Å². The minimum Gasteiger partial charge on any atom is -0.490 e. The highest BCUT2D eigenvalue weighted by Crippen LogP contribution is 2.41. The number of ether oxygens (including phenoxy) is 2. The summed E-state index contributed by atoms with van der Waals surface area (Å²) in [5.41, 5.74) is 2.45. The number of carbonyl (C=O) groups is 2. The van der Waals surface area contributed by atoms with Gasteiger partial charge in [-0.3, -0.25) is 9.69 Å². The number of carboxylic acid groups (broad SMARTS) is 1. The molecule has 1 saturated heterocycles. The highest BCUT2D eigenvalue weighted by atomic mass is 79.9. The van der Waals surface area contributed by atoms with E-state index in [4.69, 9.17) is 19.6 Å². The molecular formula is C28H25BrN2O5S. The molecule has 1 N–H and O–H groups in total. The third kappa shape index (κ3) is 6.42. The quantitative estimate of drug-likeness (QED) is 0.284. The third-order valence-corrected chi connectivity index (χ3v) is 7.03. The number of para-hydroxylation sites is 1. The van der Waals surface area contributed by atoms with Crippen molar-refractivity contribution >= 4 is 56.5 Å². The van der Waals surface area contributed by atoms with Crippen molar-refractivity contribution in [2.45, 2.75) is 19.9 Å². The molecule has 0 bridgehead atoms. The molecule has 3 aromatic carbocycles. The number of carboxylic acids is 1. The zero-order valence-electron chi connectivity index (χ0n) is 20.3. The van der Waals surface area contributed by atoms with Crippen molar-refractivity contribution in [3.05, 3.63) is 93.3 Å². The van der Waals surface area contributed by atoms with Gasteiger partial charge < -0.3 is 14.6 Å². The Hall–Kier alpha value is -3.56. The van der Waals surface area contributed by atoms with E-state index >= 15 is 0 Å². The Bertz CT molecular complexity index is 1350. The molecule has 0 radical (unpaired) electrons. The van der Waals surface area contributed by atoms with Crippen LogP contribution in [0.5, 0.6) is 11.5 Å². The van der Waals surface area contributed by atoms with Crippen molar-refractivity contribution in [1.29, 1.82) is 0 Å². The SMILES string of the molecule is CCOc1cc(/C=C2/SC(=Nc3ccccc3)N([C@@H](C)c3ccccc3)C2=O)cc(Br)c1OCC(=O)O. The van der Waals surface area contributed by atoms with Crippen LogP contribution in [0.4, 0.5) is 5.69 Å². The van der Waals surface area contributed by atoms with Crippen LogP contribution in [-0.2, 0) is 9.59 Å². The fourth-order valence-electron chi connectivity index (χ4n) is 3.76. The monoisotopic (exact) mass is 580 g/mol. The van der Waals surface area contributed by atoms with Crippen molar-refractivity contribution < 1.29 is 24.2 Å². The molecule has 0 aliphatic carbocycles. The molecular weight excluding hydrogens is 556 g/mol. The van der Waals surface area contributed by atoms with E-state index in [1.165, 1.54) is 11.8 Å². The van der Waals surface area contributed by atoms with Crippen LogP contribution >= 0.6 is 27.7 Å². The number of hydrogen-bond donors (Lipinski definition) is 1. The number of rotatable bonds is 9. The summed E-state index contributed by atoms with van der Waals surface area (Å²) < 4.78 is 11.6. The molecule has 1 heterocycles. The lowest BCUT2D eigenvalue weighted by molar-refractivity contribution is -0.139. The summed E-state index contributed by atoms with van der Waals surface area (Å²) in [6.07, 6.45) is 1.78. The van der Waals surface area contributed by atoms with Crippen molar-refractivity contribution in [2.75, 3.05) is 13.2 Å². The number of aliphatic imine (C=N–C) groups is 1. The summed E-state index contributed by atoms with van der Waals surface area (Å²) in [5.74, 6) is -0.571. The molecule has 1 aliphatic rings. The number of benzene rings is 3. The maximum absolute atomic E-state index is 13.7. The van der Waals surface area contributed by atoms with E-state index in [2.05, 4.69) is 15.9 Å². The minimum atomic E-state index is -1.09. The van der Waals surface area contributed by atoms with Gasteiger partial charge in [0, 0.05) is 0 Å². The zero-order valence-corrected chi connectivity index (χ0v) is 22.7. The highest BCUT2D eigenvalue weighted by Gasteiger charge is 2.37. The van der Waals surface area contributed by atoms with Crippen molar-refractivity contribution in [3.8, 4) is 11.5 Å². The van der Waals surface area contributed by atoms with E-state index in [-0.39, 0.29) is 11.9 Å². The van der Waals surface area contributed by atoms with Crippen LogP contribution < -0.4 is 9.47 Å². The van der Waals surface area contributed by atoms with Gasteiger partial charge in [-0.05, 0) is 83.0 Å². The number of amides is 1. The summed E-state index contributed by atoms with van der Waals surface area (Å²) in [6.45, 7) is 3.67. The molecule has 37 heavy (non-hydrogen) atoms. The average Bonchev–Trinajstić information content (AvgIpc) is 3.18. The van der Waals surface area contributed by atoms with Gasteiger partial charge in [0.15, 0.2) is 23.3 Å². The summed E-state index contributed by atoms with van der Waals surface area (Å²) in [7, 11) is 0. The van der Waals surface area contributed by atoms with Gasteiger partial charge in [0.2, 0.25) is 0 Å². The number of thioether (sulfide) groups is 1. The fraction of sp³-hybridized carbons (Fsp3) is 0.179. The molecule has 0 unspecified atom stereocenters. The normalized spacial score (nSPS) is 16.3. The molecule has 1 atom stereocenters. The van der Waals surface area contributed by atoms with E-state index in [1.807, 2.05) is 74.5 Å². The van der Waals surface area contributed by atoms with Crippen LogP contribution in [0.1, 0.15) is 31.0 Å². The Morgan fingerprint density at radius 1 is 1.11 bits per heavy atom. The Morgan fingerprint density at radius 3 is 2.43 bits per heavy atom. The second kappa shape index (κ2) is 12.1. The maximum atomic E-state index is 13.7. The van der Waals surface area contributed by atoms with E-state index < -0.39 is 12.6 Å². The number of carbonyl (C=O) groups excluding carboxylic acids is 1. The van der Waals surface area contributed by atoms with E-state index in [0.29, 0.717) is 38.2 Å². The standard InChI is InChI=1S/C28H25BrN2O5S/c1-3-35-23-15-19(14-22(29)26(23)36-17-25(32)33)16-24-27(34)31(18(2)20-10-6-4-7-11-20)28(37-24)30-21-12-8-5-9-13-21/h4-16,18H,3,17H2,1-2H3,(H,32,33)/b24-16+,30-28?/t18-/m0/s1. The largest absolute Gasteiger partial charge is 0.490 e. The summed E-state index contributed by atoms with van der Waals surface area (Å²) in [4.78, 5) is 31.7. The van der Waals surface area contributed by atoms with Crippen molar-refractivity contribution in [3.63, 3.8) is 0 Å². The van der Waals surface area contributed by atoms with Gasteiger partial charge in [0.05, 0.1) is 27.7 Å². The molecule has 1 aliphatic heterocycles. The van der Waals surface area contributed by atoms with Gasteiger partial charge in [-0.15, -0.1) is 0 Å². The molecule has 0 spiro atoms. The first-order chi connectivity index (χ1) is 17.9. The lowest BCUT2D eigenvalue weighted by atomic mass is 10.1. The average molecular weight is 581 g/mol. The first-order valence-corrected chi connectivity index (χ1v) is 13.2. The number of aliphatic carboxylic acids is 1. The summed E-state index contributed by atoms with van der Waals surface area (Å²) >= 11 is 4.76. The van der Waals surface area contributed by atoms with Crippen molar-refractivity contribution in [2.24, 2.45) is 4.99 Å². The molecule has 9 heteroatoms. The topological polar surface area (TPSA) is 88.4 Å². The van der Waals surface area contributed by atoms with Crippen LogP contribution in [0.3, 0.4) is 0 Å². The Kier molecular flexibility index (Phi) is 8.68.